The maximum atomic E-state index is 13.2. The van der Waals surface area contributed by atoms with Gasteiger partial charge in [-0.2, -0.15) is 0 Å². The van der Waals surface area contributed by atoms with Crippen LogP contribution in [0.1, 0.15) is 10.4 Å². The molecular weight excluding hydrogens is 271 g/mol. The van der Waals surface area contributed by atoms with Gasteiger partial charge in [0, 0.05) is 11.6 Å². The fraction of sp³-hybridized carbons (Fsp3) is 0. The molecule has 0 atom stereocenters. The highest BCUT2D eigenvalue weighted by atomic mass is 19.1. The first-order valence-corrected chi connectivity index (χ1v) is 6.29. The Morgan fingerprint density at radius 2 is 1.90 bits per heavy atom. The van der Waals surface area contributed by atoms with E-state index in [1.54, 1.807) is 12.3 Å². The fourth-order valence-electron chi connectivity index (χ4n) is 2.15. The van der Waals surface area contributed by atoms with Gasteiger partial charge in [-0.15, -0.1) is 0 Å². The molecule has 1 heterocycles. The number of carboxylic acid groups (broad SMARTS) is 1. The fourth-order valence-corrected chi connectivity index (χ4v) is 2.15. The molecule has 0 unspecified atom stereocenters. The Balaban J connectivity index is 2.09. The number of carboxylic acids is 1. The minimum atomic E-state index is -1.19. The number of hydrogen-bond donors (Lipinski definition) is 2. The van der Waals surface area contributed by atoms with Crippen molar-refractivity contribution < 1.29 is 14.3 Å². The van der Waals surface area contributed by atoms with E-state index in [1.807, 2.05) is 24.3 Å². The lowest BCUT2D eigenvalue weighted by molar-refractivity contribution is 0.0697. The van der Waals surface area contributed by atoms with Crippen molar-refractivity contribution in [1.82, 2.24) is 4.98 Å². The summed E-state index contributed by atoms with van der Waals surface area (Å²) in [6.07, 6.45) is 1.66. The largest absolute Gasteiger partial charge is 0.478 e. The molecule has 0 saturated heterocycles. The Kier molecular flexibility index (Phi) is 3.23. The first-order chi connectivity index (χ1) is 10.1. The molecule has 0 saturated carbocycles. The molecule has 0 bridgehead atoms. The quantitative estimate of drug-likeness (QED) is 0.766. The minimum Gasteiger partial charge on any atom is -0.478 e. The summed E-state index contributed by atoms with van der Waals surface area (Å²) in [5.74, 6) is -1.78. The lowest BCUT2D eigenvalue weighted by atomic mass is 10.1. The third-order valence-corrected chi connectivity index (χ3v) is 3.11. The zero-order valence-corrected chi connectivity index (χ0v) is 10.9. The first kappa shape index (κ1) is 13.1. The number of anilines is 2. The summed E-state index contributed by atoms with van der Waals surface area (Å²) in [5.41, 5.74) is 1.59. The molecule has 4 nitrogen and oxygen atoms in total. The van der Waals surface area contributed by atoms with Crippen molar-refractivity contribution in [2.75, 3.05) is 5.32 Å². The highest BCUT2D eigenvalue weighted by molar-refractivity contribution is 5.98. The van der Waals surface area contributed by atoms with Gasteiger partial charge in [-0.1, -0.05) is 18.2 Å². The van der Waals surface area contributed by atoms with E-state index in [0.29, 0.717) is 11.4 Å². The highest BCUT2D eigenvalue weighted by Crippen LogP contribution is 2.27. The van der Waals surface area contributed by atoms with Crippen LogP contribution in [0.25, 0.3) is 10.9 Å². The molecule has 21 heavy (non-hydrogen) atoms. The maximum Gasteiger partial charge on any atom is 0.337 e. The van der Waals surface area contributed by atoms with E-state index in [4.69, 9.17) is 5.11 Å². The predicted molar refractivity (Wildman–Crippen MR) is 78.4 cm³/mol. The summed E-state index contributed by atoms with van der Waals surface area (Å²) in [4.78, 5) is 15.5. The summed E-state index contributed by atoms with van der Waals surface area (Å²) >= 11 is 0. The van der Waals surface area contributed by atoms with Crippen LogP contribution in [0.15, 0.2) is 54.7 Å². The second kappa shape index (κ2) is 5.20. The number of rotatable bonds is 3. The minimum absolute atomic E-state index is 0.122. The molecule has 2 N–H and O–H groups in total. The second-order valence-electron chi connectivity index (χ2n) is 4.50. The van der Waals surface area contributed by atoms with E-state index in [0.717, 1.165) is 17.0 Å². The van der Waals surface area contributed by atoms with Gasteiger partial charge in [0.2, 0.25) is 0 Å². The molecule has 0 aliphatic rings. The molecule has 1 aromatic heterocycles. The molecule has 0 aliphatic carbocycles. The van der Waals surface area contributed by atoms with Gasteiger partial charge in [0.15, 0.2) is 0 Å². The Morgan fingerprint density at radius 3 is 2.71 bits per heavy atom. The first-order valence-electron chi connectivity index (χ1n) is 6.29. The van der Waals surface area contributed by atoms with Crippen LogP contribution in [-0.2, 0) is 0 Å². The average molecular weight is 282 g/mol. The molecule has 0 fully saturated rings. The molecule has 0 amide bonds. The van der Waals surface area contributed by atoms with Crippen LogP contribution in [0.4, 0.5) is 15.8 Å². The van der Waals surface area contributed by atoms with Crippen LogP contribution in [0.2, 0.25) is 0 Å². The van der Waals surface area contributed by atoms with Crippen LogP contribution in [0, 0.1) is 5.82 Å². The summed E-state index contributed by atoms with van der Waals surface area (Å²) in [7, 11) is 0. The van der Waals surface area contributed by atoms with Crippen LogP contribution in [0.3, 0.4) is 0 Å². The summed E-state index contributed by atoms with van der Waals surface area (Å²) < 4.78 is 13.2. The number of nitrogens with one attached hydrogen (secondary N) is 1. The molecule has 0 spiro atoms. The molecule has 104 valence electrons. The van der Waals surface area contributed by atoms with Gasteiger partial charge in [-0.25, -0.2) is 9.18 Å². The van der Waals surface area contributed by atoms with Crippen molar-refractivity contribution in [2.45, 2.75) is 0 Å². The van der Waals surface area contributed by atoms with Gasteiger partial charge in [0.25, 0.3) is 0 Å². The van der Waals surface area contributed by atoms with E-state index >= 15 is 0 Å². The van der Waals surface area contributed by atoms with Gasteiger partial charge in [-0.05, 0) is 30.3 Å². The maximum absolute atomic E-state index is 13.2. The third-order valence-electron chi connectivity index (χ3n) is 3.11. The Morgan fingerprint density at radius 1 is 1.10 bits per heavy atom. The molecule has 3 aromatic rings. The van der Waals surface area contributed by atoms with Crippen molar-refractivity contribution in [3.05, 3.63) is 66.1 Å². The summed E-state index contributed by atoms with van der Waals surface area (Å²) in [6, 6.07) is 12.9. The Hall–Kier alpha value is -2.95. The number of nitrogens with zero attached hydrogens (tertiary/aromatic N) is 1. The standard InChI is InChI=1S/C16H11FN2O2/c17-11-6-7-13(12(9-11)16(20)21)19-14-5-1-3-10-4-2-8-18-15(10)14/h1-9,19H,(H,20,21). The number of fused-ring (bicyclic) bond motifs is 1. The van der Waals surface area contributed by atoms with Gasteiger partial charge >= 0.3 is 5.97 Å². The van der Waals surface area contributed by atoms with E-state index in [-0.39, 0.29) is 5.56 Å². The monoisotopic (exact) mass is 282 g/mol. The topological polar surface area (TPSA) is 62.2 Å². The number of halogens is 1. The molecule has 0 aliphatic heterocycles. The van der Waals surface area contributed by atoms with Crippen molar-refractivity contribution in [1.29, 1.82) is 0 Å². The van der Waals surface area contributed by atoms with E-state index in [1.165, 1.54) is 12.1 Å². The predicted octanol–water partition coefficient (Wildman–Crippen LogP) is 3.82. The molecule has 2 aromatic carbocycles. The van der Waals surface area contributed by atoms with Crippen LogP contribution in [-0.4, -0.2) is 16.1 Å². The van der Waals surface area contributed by atoms with Gasteiger partial charge in [0.05, 0.1) is 22.5 Å². The number of aromatic nitrogens is 1. The van der Waals surface area contributed by atoms with Crippen molar-refractivity contribution in [3.63, 3.8) is 0 Å². The SMILES string of the molecule is O=C(O)c1cc(F)ccc1Nc1cccc2cccnc12. The van der Waals surface area contributed by atoms with Crippen molar-refractivity contribution >= 4 is 28.2 Å². The van der Waals surface area contributed by atoms with E-state index < -0.39 is 11.8 Å². The highest BCUT2D eigenvalue weighted by Gasteiger charge is 2.12. The smallest absolute Gasteiger partial charge is 0.337 e. The molecular formula is C16H11FN2O2. The van der Waals surface area contributed by atoms with Crippen molar-refractivity contribution in [2.24, 2.45) is 0 Å². The Bertz CT molecular complexity index is 828. The summed E-state index contributed by atoms with van der Waals surface area (Å²) in [5, 5.41) is 13.1. The summed E-state index contributed by atoms with van der Waals surface area (Å²) in [6.45, 7) is 0. The van der Waals surface area contributed by atoms with E-state index in [9.17, 15) is 9.18 Å². The van der Waals surface area contributed by atoms with Gasteiger partial charge in [-0.3, -0.25) is 4.98 Å². The van der Waals surface area contributed by atoms with Crippen LogP contribution < -0.4 is 5.32 Å². The number of aromatic carboxylic acids is 1. The lowest BCUT2D eigenvalue weighted by Gasteiger charge is -2.11. The van der Waals surface area contributed by atoms with Gasteiger partial charge < -0.3 is 10.4 Å². The number of carbonyl (C=O) groups is 1. The van der Waals surface area contributed by atoms with Crippen LogP contribution >= 0.6 is 0 Å². The second-order valence-corrected chi connectivity index (χ2v) is 4.50. The zero-order valence-electron chi connectivity index (χ0n) is 10.9. The number of benzene rings is 2. The van der Waals surface area contributed by atoms with Crippen LogP contribution in [0.5, 0.6) is 0 Å². The van der Waals surface area contributed by atoms with Gasteiger partial charge in [0.1, 0.15) is 5.82 Å². The molecule has 3 rings (SSSR count). The number of para-hydroxylation sites is 1. The normalized spacial score (nSPS) is 10.5. The van der Waals surface area contributed by atoms with Crippen molar-refractivity contribution in [3.8, 4) is 0 Å². The Labute approximate surface area is 119 Å². The lowest BCUT2D eigenvalue weighted by Crippen LogP contribution is -2.03. The van der Waals surface area contributed by atoms with E-state index in [2.05, 4.69) is 10.3 Å². The number of hydrogen-bond acceptors (Lipinski definition) is 3. The third kappa shape index (κ3) is 2.53. The zero-order chi connectivity index (χ0) is 14.8. The molecule has 0 radical (unpaired) electrons. The average Bonchev–Trinajstić information content (AvgIpc) is 2.49. The number of pyridine rings is 1. The molecule has 5 heteroatoms.